The number of ketones is 1. The van der Waals surface area contributed by atoms with Crippen molar-refractivity contribution in [2.45, 2.75) is 37.8 Å². The standard InChI is InChI=1S/C19H22N2O4/c1-21-11-13(9-16(21)19(24)25)20-18(23)10-15-14(7-8-17(15)22)12-5-3-2-4-6-12/h2-6,13,16H,7-11H2,1H3,(H,20,23)(H,24,25)/t13-,16+/m0/s1. The van der Waals surface area contributed by atoms with Gasteiger partial charge in [0.1, 0.15) is 6.04 Å². The lowest BCUT2D eigenvalue weighted by atomic mass is 10.00. The van der Waals surface area contributed by atoms with E-state index in [0.29, 0.717) is 31.4 Å². The number of amides is 1. The second-order valence-electron chi connectivity index (χ2n) is 6.72. The van der Waals surface area contributed by atoms with Crippen LogP contribution in [0.15, 0.2) is 35.9 Å². The van der Waals surface area contributed by atoms with Crippen molar-refractivity contribution < 1.29 is 19.5 Å². The lowest BCUT2D eigenvalue weighted by Crippen LogP contribution is -2.36. The predicted molar refractivity (Wildman–Crippen MR) is 92.8 cm³/mol. The maximum absolute atomic E-state index is 12.4. The maximum Gasteiger partial charge on any atom is 0.320 e. The van der Waals surface area contributed by atoms with Gasteiger partial charge in [-0.05, 0) is 31.0 Å². The summed E-state index contributed by atoms with van der Waals surface area (Å²) >= 11 is 0. The molecule has 2 aliphatic rings. The first-order valence-corrected chi connectivity index (χ1v) is 8.48. The Labute approximate surface area is 146 Å². The molecule has 25 heavy (non-hydrogen) atoms. The first-order chi connectivity index (χ1) is 12.0. The number of nitrogens with zero attached hydrogens (tertiary/aromatic N) is 1. The van der Waals surface area contributed by atoms with Crippen molar-refractivity contribution in [1.29, 1.82) is 0 Å². The van der Waals surface area contributed by atoms with Crippen LogP contribution in [0.3, 0.4) is 0 Å². The Morgan fingerprint density at radius 3 is 2.60 bits per heavy atom. The quantitative estimate of drug-likeness (QED) is 0.846. The minimum atomic E-state index is -0.876. The SMILES string of the molecule is CN1C[C@@H](NC(=O)CC2=C(c3ccccc3)CCC2=O)C[C@@H]1C(=O)O. The zero-order valence-electron chi connectivity index (χ0n) is 14.2. The molecule has 3 rings (SSSR count). The molecule has 1 heterocycles. The monoisotopic (exact) mass is 342 g/mol. The van der Waals surface area contributed by atoms with E-state index < -0.39 is 12.0 Å². The normalized spacial score (nSPS) is 24.0. The van der Waals surface area contributed by atoms with Crippen molar-refractivity contribution in [2.75, 3.05) is 13.6 Å². The molecule has 0 unspecified atom stereocenters. The van der Waals surface area contributed by atoms with Gasteiger partial charge in [0.15, 0.2) is 5.78 Å². The van der Waals surface area contributed by atoms with E-state index in [4.69, 9.17) is 5.11 Å². The average Bonchev–Trinajstić information content (AvgIpc) is 3.12. The zero-order valence-corrected chi connectivity index (χ0v) is 14.2. The molecule has 132 valence electrons. The van der Waals surface area contributed by atoms with Crippen LogP contribution < -0.4 is 5.32 Å². The fourth-order valence-corrected chi connectivity index (χ4v) is 3.70. The third-order valence-electron chi connectivity index (χ3n) is 4.96. The Morgan fingerprint density at radius 2 is 1.96 bits per heavy atom. The summed E-state index contributed by atoms with van der Waals surface area (Å²) in [6, 6.07) is 8.90. The van der Waals surface area contributed by atoms with Gasteiger partial charge in [-0.25, -0.2) is 0 Å². The molecule has 0 bridgehead atoms. The van der Waals surface area contributed by atoms with E-state index in [9.17, 15) is 14.4 Å². The third kappa shape index (κ3) is 3.79. The number of allylic oxidation sites excluding steroid dienone is 1. The number of nitrogens with one attached hydrogen (secondary N) is 1. The summed E-state index contributed by atoms with van der Waals surface area (Å²) in [7, 11) is 1.74. The predicted octanol–water partition coefficient (Wildman–Crippen LogP) is 1.47. The van der Waals surface area contributed by atoms with Crippen molar-refractivity contribution in [3.8, 4) is 0 Å². The minimum absolute atomic E-state index is 0.0287. The summed E-state index contributed by atoms with van der Waals surface area (Å²) in [5.41, 5.74) is 2.53. The highest BCUT2D eigenvalue weighted by Crippen LogP contribution is 2.33. The highest BCUT2D eigenvalue weighted by atomic mass is 16.4. The Bertz CT molecular complexity index is 726. The number of carboxylic acid groups (broad SMARTS) is 1. The van der Waals surface area contributed by atoms with Gasteiger partial charge in [0, 0.05) is 24.6 Å². The number of Topliss-reactive ketones (excluding diaryl/α,β-unsaturated/α-hetero) is 1. The Balaban J connectivity index is 1.68. The Hall–Kier alpha value is -2.47. The number of hydrogen-bond donors (Lipinski definition) is 2. The number of carboxylic acids is 1. The van der Waals surface area contributed by atoms with Crippen LogP contribution in [-0.4, -0.2) is 53.3 Å². The molecule has 2 N–H and O–H groups in total. The molecule has 6 heteroatoms. The molecule has 0 aromatic heterocycles. The molecule has 1 amide bonds. The van der Waals surface area contributed by atoms with Crippen molar-refractivity contribution in [3.63, 3.8) is 0 Å². The summed E-state index contributed by atoms with van der Waals surface area (Å²) in [6.45, 7) is 0.501. The van der Waals surface area contributed by atoms with Crippen LogP contribution >= 0.6 is 0 Å². The first-order valence-electron chi connectivity index (χ1n) is 8.48. The number of carbonyl (C=O) groups is 3. The largest absolute Gasteiger partial charge is 0.480 e. The van der Waals surface area contributed by atoms with E-state index in [-0.39, 0.29) is 24.2 Å². The molecule has 1 fully saturated rings. The third-order valence-corrected chi connectivity index (χ3v) is 4.96. The van der Waals surface area contributed by atoms with E-state index in [0.717, 1.165) is 11.1 Å². The van der Waals surface area contributed by atoms with Crippen LogP contribution in [-0.2, 0) is 14.4 Å². The first kappa shape index (κ1) is 17.4. The van der Waals surface area contributed by atoms with Crippen molar-refractivity contribution >= 4 is 23.2 Å². The van der Waals surface area contributed by atoms with Gasteiger partial charge in [-0.3, -0.25) is 19.3 Å². The molecular weight excluding hydrogens is 320 g/mol. The number of benzene rings is 1. The molecule has 1 aliphatic carbocycles. The van der Waals surface area contributed by atoms with Crippen LogP contribution in [0.5, 0.6) is 0 Å². The van der Waals surface area contributed by atoms with Gasteiger partial charge >= 0.3 is 5.97 Å². The van der Waals surface area contributed by atoms with Crippen LogP contribution in [0.2, 0.25) is 0 Å². The highest BCUT2D eigenvalue weighted by Gasteiger charge is 2.35. The highest BCUT2D eigenvalue weighted by molar-refractivity contribution is 6.10. The van der Waals surface area contributed by atoms with Gasteiger partial charge < -0.3 is 10.4 Å². The molecule has 1 aromatic carbocycles. The summed E-state index contributed by atoms with van der Waals surface area (Å²) in [6.07, 6.45) is 1.55. The van der Waals surface area contributed by atoms with Crippen molar-refractivity contribution in [3.05, 3.63) is 41.5 Å². The summed E-state index contributed by atoms with van der Waals surface area (Å²) in [4.78, 5) is 37.5. The van der Waals surface area contributed by atoms with Gasteiger partial charge in [0.2, 0.25) is 5.91 Å². The van der Waals surface area contributed by atoms with E-state index in [1.54, 1.807) is 11.9 Å². The number of hydrogen-bond acceptors (Lipinski definition) is 4. The molecule has 1 aliphatic heterocycles. The lowest BCUT2D eigenvalue weighted by Gasteiger charge is -2.14. The molecule has 1 saturated heterocycles. The zero-order chi connectivity index (χ0) is 18.0. The van der Waals surface area contributed by atoms with Crippen LogP contribution in [0.1, 0.15) is 31.2 Å². The van der Waals surface area contributed by atoms with Crippen molar-refractivity contribution in [2.24, 2.45) is 0 Å². The van der Waals surface area contributed by atoms with E-state index in [2.05, 4.69) is 5.32 Å². The summed E-state index contributed by atoms with van der Waals surface area (Å²) in [5, 5.41) is 12.0. The number of likely N-dealkylation sites (tertiary alicyclic amines) is 1. The fourth-order valence-electron chi connectivity index (χ4n) is 3.70. The Kier molecular flexibility index (Phi) is 4.99. The molecule has 2 atom stereocenters. The number of aliphatic carboxylic acids is 1. The maximum atomic E-state index is 12.4. The summed E-state index contributed by atoms with van der Waals surface area (Å²) < 4.78 is 0. The van der Waals surface area contributed by atoms with E-state index >= 15 is 0 Å². The second-order valence-corrected chi connectivity index (χ2v) is 6.72. The Morgan fingerprint density at radius 1 is 1.24 bits per heavy atom. The second kappa shape index (κ2) is 7.19. The fraction of sp³-hybridized carbons (Fsp3) is 0.421. The summed E-state index contributed by atoms with van der Waals surface area (Å²) in [5.74, 6) is -1.07. The van der Waals surface area contributed by atoms with Crippen LogP contribution in [0.4, 0.5) is 0 Å². The van der Waals surface area contributed by atoms with Crippen molar-refractivity contribution in [1.82, 2.24) is 10.2 Å². The number of likely N-dealkylation sites (N-methyl/N-ethyl adjacent to an activating group) is 1. The minimum Gasteiger partial charge on any atom is -0.480 e. The topological polar surface area (TPSA) is 86.7 Å². The molecule has 1 aromatic rings. The number of rotatable bonds is 5. The van der Waals surface area contributed by atoms with Gasteiger partial charge in [-0.15, -0.1) is 0 Å². The smallest absolute Gasteiger partial charge is 0.320 e. The van der Waals surface area contributed by atoms with Crippen LogP contribution in [0, 0.1) is 0 Å². The van der Waals surface area contributed by atoms with E-state index in [1.807, 2.05) is 30.3 Å². The van der Waals surface area contributed by atoms with Gasteiger partial charge in [0.05, 0.1) is 6.42 Å². The molecular formula is C19H22N2O4. The van der Waals surface area contributed by atoms with Crippen LogP contribution in [0.25, 0.3) is 5.57 Å². The van der Waals surface area contributed by atoms with Gasteiger partial charge in [-0.2, -0.15) is 0 Å². The van der Waals surface area contributed by atoms with E-state index in [1.165, 1.54) is 0 Å². The molecule has 0 radical (unpaired) electrons. The number of carbonyl (C=O) groups excluding carboxylic acids is 2. The van der Waals surface area contributed by atoms with Gasteiger partial charge in [-0.1, -0.05) is 30.3 Å². The average molecular weight is 342 g/mol. The molecule has 0 spiro atoms. The molecule has 6 nitrogen and oxygen atoms in total. The van der Waals surface area contributed by atoms with Gasteiger partial charge in [0.25, 0.3) is 0 Å². The lowest BCUT2D eigenvalue weighted by molar-refractivity contribution is -0.141. The molecule has 0 saturated carbocycles.